The van der Waals surface area contributed by atoms with E-state index in [1.54, 1.807) is 18.2 Å². The maximum Gasteiger partial charge on any atom is 0.446 e. The molecule has 0 atom stereocenters. The Morgan fingerprint density at radius 2 is 1.54 bits per heavy atom. The predicted octanol–water partition coefficient (Wildman–Crippen LogP) is 1.66. The molecule has 0 aliphatic heterocycles. The zero-order valence-electron chi connectivity index (χ0n) is 12.0. The third-order valence-electron chi connectivity index (χ3n) is 2.69. The van der Waals surface area contributed by atoms with Crippen molar-refractivity contribution in [3.63, 3.8) is 0 Å². The van der Waals surface area contributed by atoms with Crippen molar-refractivity contribution in [1.82, 2.24) is 0 Å². The summed E-state index contributed by atoms with van der Waals surface area (Å²) in [4.78, 5) is 0. The number of nitrogens with one attached hydrogen (secondary N) is 1. The average Bonchev–Trinajstić information content (AvgIpc) is 2.43. The fraction of sp³-hybridized carbons (Fsp3) is 0.0769. The third kappa shape index (κ3) is 6.04. The minimum Gasteiger partial charge on any atom is -0.381 e. The predicted molar refractivity (Wildman–Crippen MR) is 84.6 cm³/mol. The topological polar surface area (TPSA) is 139 Å². The van der Waals surface area contributed by atoms with Crippen molar-refractivity contribution < 1.29 is 34.3 Å². The van der Waals surface area contributed by atoms with Gasteiger partial charge in [-0.2, -0.15) is 16.8 Å². The second-order valence-corrected chi connectivity index (χ2v) is 6.56. The number of hydrogen-bond donors (Lipinski definition) is 3. The summed E-state index contributed by atoms with van der Waals surface area (Å²) in [6, 6.07) is 11.9. The van der Waals surface area contributed by atoms with Crippen LogP contribution in [0, 0.1) is 0 Å². The number of benzene rings is 2. The van der Waals surface area contributed by atoms with E-state index in [0.717, 1.165) is 0 Å². The first-order valence-corrected chi connectivity index (χ1v) is 9.11. The number of rotatable bonds is 7. The zero-order valence-corrected chi connectivity index (χ0v) is 13.6. The molecule has 130 valence electrons. The first-order valence-electron chi connectivity index (χ1n) is 6.38. The van der Waals surface area contributed by atoms with Gasteiger partial charge in [0.05, 0.1) is 0 Å². The Morgan fingerprint density at radius 1 is 0.875 bits per heavy atom. The molecular formula is C13H13NO8S2. The Labute approximate surface area is 138 Å². The molecule has 0 saturated heterocycles. The van der Waals surface area contributed by atoms with Crippen LogP contribution in [0.25, 0.3) is 0 Å². The van der Waals surface area contributed by atoms with Gasteiger partial charge in [-0.15, -0.1) is 0 Å². The molecule has 24 heavy (non-hydrogen) atoms. The molecule has 0 unspecified atom stereocenters. The minimum atomic E-state index is -4.65. The highest BCUT2D eigenvalue weighted by Gasteiger charge is 2.11. The molecule has 9 nitrogen and oxygen atoms in total. The summed E-state index contributed by atoms with van der Waals surface area (Å²) >= 11 is 0. The van der Waals surface area contributed by atoms with Crippen LogP contribution < -0.4 is 13.7 Å². The molecule has 0 aliphatic rings. The smallest absolute Gasteiger partial charge is 0.381 e. The summed E-state index contributed by atoms with van der Waals surface area (Å²) in [5.74, 6) is -0.164. The lowest BCUT2D eigenvalue weighted by molar-refractivity contribution is 0.384. The van der Waals surface area contributed by atoms with Crippen molar-refractivity contribution in [3.8, 4) is 11.5 Å². The summed E-state index contributed by atoms with van der Waals surface area (Å²) in [7, 11) is -9.28. The second kappa shape index (κ2) is 7.05. The molecule has 0 spiro atoms. The fourth-order valence-corrected chi connectivity index (χ4v) is 2.56. The zero-order chi connectivity index (χ0) is 17.8. The van der Waals surface area contributed by atoms with Crippen molar-refractivity contribution in [2.24, 2.45) is 0 Å². The van der Waals surface area contributed by atoms with E-state index in [1.807, 2.05) is 0 Å². The van der Waals surface area contributed by atoms with Gasteiger partial charge < -0.3 is 13.7 Å². The Kier molecular flexibility index (Phi) is 5.29. The monoisotopic (exact) mass is 375 g/mol. The number of anilines is 1. The lowest BCUT2D eigenvalue weighted by Gasteiger charge is -2.11. The van der Waals surface area contributed by atoms with E-state index >= 15 is 0 Å². The molecule has 0 aromatic heterocycles. The van der Waals surface area contributed by atoms with Crippen LogP contribution in [-0.4, -0.2) is 25.9 Å². The van der Waals surface area contributed by atoms with Crippen LogP contribution in [-0.2, 0) is 27.3 Å². The Hall–Kier alpha value is -2.34. The summed E-state index contributed by atoms with van der Waals surface area (Å²) in [6.45, 7) is 0.112. The van der Waals surface area contributed by atoms with E-state index in [0.29, 0.717) is 11.3 Å². The molecule has 0 amide bonds. The van der Waals surface area contributed by atoms with Gasteiger partial charge in [-0.05, 0) is 18.2 Å². The average molecular weight is 375 g/mol. The van der Waals surface area contributed by atoms with Crippen LogP contribution in [0.4, 0.5) is 5.69 Å². The van der Waals surface area contributed by atoms with E-state index in [1.165, 1.54) is 30.3 Å². The Balaban J connectivity index is 2.13. The van der Waals surface area contributed by atoms with Gasteiger partial charge in [-0.1, -0.05) is 24.3 Å². The molecule has 11 heteroatoms. The van der Waals surface area contributed by atoms with Crippen molar-refractivity contribution in [2.45, 2.75) is 6.54 Å². The molecule has 0 heterocycles. The molecule has 0 fully saturated rings. The van der Waals surface area contributed by atoms with Gasteiger partial charge in [-0.3, -0.25) is 9.11 Å². The van der Waals surface area contributed by atoms with Crippen LogP contribution in [0.3, 0.4) is 0 Å². The van der Waals surface area contributed by atoms with Gasteiger partial charge in [0.1, 0.15) is 11.5 Å². The summed E-state index contributed by atoms with van der Waals surface area (Å²) in [5.41, 5.74) is 0.869. The van der Waals surface area contributed by atoms with Crippen molar-refractivity contribution >= 4 is 26.5 Å². The quantitative estimate of drug-likeness (QED) is 0.616. The second-order valence-electron chi connectivity index (χ2n) is 4.51. The third-order valence-corrected chi connectivity index (χ3v) is 3.48. The van der Waals surface area contributed by atoms with Gasteiger partial charge in [0.25, 0.3) is 0 Å². The highest BCUT2D eigenvalue weighted by molar-refractivity contribution is 7.81. The molecular weight excluding hydrogens is 362 g/mol. The maximum atomic E-state index is 10.8. The standard InChI is InChI=1S/C13H13NO8S2/c15-23(16,17)21-12-6-3-5-11(8-12)14-9-10-4-1-2-7-13(10)22-24(18,19)20/h1-8,14H,9H2,(H,15,16,17)(H,18,19,20). The summed E-state index contributed by atoms with van der Waals surface area (Å²) in [6.07, 6.45) is 0. The first kappa shape index (κ1) is 18.0. The normalized spacial score (nSPS) is 11.8. The molecule has 2 aromatic carbocycles. The van der Waals surface area contributed by atoms with Gasteiger partial charge >= 0.3 is 20.8 Å². The Bertz CT molecular complexity index is 924. The van der Waals surface area contributed by atoms with Crippen LogP contribution in [0.2, 0.25) is 0 Å². The summed E-state index contributed by atoms with van der Waals surface area (Å²) in [5, 5.41) is 2.90. The van der Waals surface area contributed by atoms with Crippen LogP contribution in [0.15, 0.2) is 48.5 Å². The van der Waals surface area contributed by atoms with Crippen LogP contribution >= 0.6 is 0 Å². The van der Waals surface area contributed by atoms with E-state index in [4.69, 9.17) is 9.11 Å². The van der Waals surface area contributed by atoms with Crippen LogP contribution in [0.1, 0.15) is 5.56 Å². The lowest BCUT2D eigenvalue weighted by Crippen LogP contribution is -2.10. The number of para-hydroxylation sites is 1. The van der Waals surface area contributed by atoms with Gasteiger partial charge in [0, 0.05) is 23.9 Å². The highest BCUT2D eigenvalue weighted by atomic mass is 32.3. The van der Waals surface area contributed by atoms with Crippen LogP contribution in [0.5, 0.6) is 11.5 Å². The molecule has 0 saturated carbocycles. The SMILES string of the molecule is O=S(=O)(O)Oc1cccc(NCc2ccccc2OS(=O)(=O)O)c1. The van der Waals surface area contributed by atoms with Crippen molar-refractivity contribution in [2.75, 3.05) is 5.32 Å². The largest absolute Gasteiger partial charge is 0.446 e. The molecule has 0 bridgehead atoms. The minimum absolute atomic E-state index is 0.0576. The van der Waals surface area contributed by atoms with Gasteiger partial charge in [-0.25, -0.2) is 0 Å². The van der Waals surface area contributed by atoms with E-state index in [-0.39, 0.29) is 18.0 Å². The molecule has 0 aliphatic carbocycles. The molecule has 0 radical (unpaired) electrons. The fourth-order valence-electron chi connectivity index (χ4n) is 1.82. The first-order chi connectivity index (χ1) is 11.1. The van der Waals surface area contributed by atoms with Gasteiger partial charge in [0.15, 0.2) is 0 Å². The molecule has 3 N–H and O–H groups in total. The molecule has 2 aromatic rings. The summed E-state index contributed by atoms with van der Waals surface area (Å²) < 4.78 is 69.2. The van der Waals surface area contributed by atoms with Crippen molar-refractivity contribution in [3.05, 3.63) is 54.1 Å². The maximum absolute atomic E-state index is 10.8. The van der Waals surface area contributed by atoms with Crippen molar-refractivity contribution in [1.29, 1.82) is 0 Å². The lowest BCUT2D eigenvalue weighted by atomic mass is 10.2. The highest BCUT2D eigenvalue weighted by Crippen LogP contribution is 2.23. The van der Waals surface area contributed by atoms with E-state index < -0.39 is 20.8 Å². The number of hydrogen-bond acceptors (Lipinski definition) is 7. The van der Waals surface area contributed by atoms with E-state index in [9.17, 15) is 16.8 Å². The van der Waals surface area contributed by atoms with E-state index in [2.05, 4.69) is 13.7 Å². The Morgan fingerprint density at radius 3 is 2.21 bits per heavy atom. The molecule has 2 rings (SSSR count). The van der Waals surface area contributed by atoms with Gasteiger partial charge in [0.2, 0.25) is 0 Å².